The predicted molar refractivity (Wildman–Crippen MR) is 216 cm³/mol. The first kappa shape index (κ1) is 29.3. The molecule has 1 atom stereocenters. The third-order valence-electron chi connectivity index (χ3n) is 13.1. The molecule has 0 radical (unpaired) electrons. The first-order chi connectivity index (χ1) is 26.1. The van der Waals surface area contributed by atoms with Crippen LogP contribution >= 0.6 is 0 Å². The van der Waals surface area contributed by atoms with E-state index in [1.165, 1.54) is 83.3 Å². The molecule has 12 rings (SSSR count). The Bertz CT molecular complexity index is 2830. The summed E-state index contributed by atoms with van der Waals surface area (Å²) < 4.78 is 2.19. The molecule has 4 aliphatic carbocycles. The lowest BCUT2D eigenvalue weighted by atomic mass is 9.67. The van der Waals surface area contributed by atoms with Crippen LogP contribution in [0.4, 0.5) is 0 Å². The lowest BCUT2D eigenvalue weighted by molar-refractivity contribution is 0.0790. The largest absolute Gasteiger partial charge is 0.278 e. The van der Waals surface area contributed by atoms with Gasteiger partial charge in [-0.2, -0.15) is 0 Å². The molecule has 1 spiro atoms. The SMILES string of the molecule is CC12CC=C(c3ccccc3)C=C1c1cc(-c3ccccc3)cc3c4c(n(c13)C2=O)C1=C(CC4)C2(c3ccccc31)c1ccccc1-c1ccccc12. The van der Waals surface area contributed by atoms with Gasteiger partial charge in [0.15, 0.2) is 0 Å². The number of carbonyl (C=O) groups excluding carboxylic acids is 1. The Morgan fingerprint density at radius 2 is 1.17 bits per heavy atom. The summed E-state index contributed by atoms with van der Waals surface area (Å²) in [6, 6.07) is 53.2. The van der Waals surface area contributed by atoms with Crippen molar-refractivity contribution in [1.82, 2.24) is 4.57 Å². The van der Waals surface area contributed by atoms with Crippen LogP contribution in [-0.2, 0) is 11.8 Å². The molecule has 1 aliphatic heterocycles. The van der Waals surface area contributed by atoms with Crippen LogP contribution in [0.1, 0.15) is 69.2 Å². The fourth-order valence-corrected chi connectivity index (χ4v) is 10.9. The molecule has 6 aromatic carbocycles. The molecule has 2 nitrogen and oxygen atoms in total. The maximum Gasteiger partial charge on any atom is 0.242 e. The van der Waals surface area contributed by atoms with Gasteiger partial charge in [0.1, 0.15) is 0 Å². The van der Waals surface area contributed by atoms with Crippen LogP contribution in [-0.4, -0.2) is 10.5 Å². The minimum Gasteiger partial charge on any atom is -0.278 e. The van der Waals surface area contributed by atoms with E-state index in [9.17, 15) is 0 Å². The quantitative estimate of drug-likeness (QED) is 0.179. The Labute approximate surface area is 309 Å². The van der Waals surface area contributed by atoms with E-state index in [1.54, 1.807) is 0 Å². The molecule has 0 N–H and O–H groups in total. The molecule has 1 aromatic heterocycles. The fraction of sp³-hybridized carbons (Fsp3) is 0.118. The minimum absolute atomic E-state index is 0.178. The van der Waals surface area contributed by atoms with Crippen molar-refractivity contribution < 1.29 is 4.79 Å². The highest BCUT2D eigenvalue weighted by molar-refractivity contribution is 6.18. The van der Waals surface area contributed by atoms with E-state index in [2.05, 4.69) is 169 Å². The second-order valence-corrected chi connectivity index (χ2v) is 15.6. The van der Waals surface area contributed by atoms with Crippen molar-refractivity contribution in [3.8, 4) is 22.3 Å². The van der Waals surface area contributed by atoms with Crippen LogP contribution in [0.15, 0.2) is 163 Å². The van der Waals surface area contributed by atoms with Crippen molar-refractivity contribution in [2.45, 2.75) is 31.6 Å². The van der Waals surface area contributed by atoms with Gasteiger partial charge in [0.2, 0.25) is 5.91 Å². The van der Waals surface area contributed by atoms with Crippen molar-refractivity contribution in [1.29, 1.82) is 0 Å². The molecule has 1 unspecified atom stereocenters. The van der Waals surface area contributed by atoms with Crippen molar-refractivity contribution in [2.75, 3.05) is 0 Å². The standard InChI is InChI=1S/C51H35NO/c1-50-27-26-33(31-14-4-2-5-15-31)30-45(50)40-29-34(32-16-6-3-7-17-32)28-39-37-24-25-44-46(48(37)52(47(39)40)49(50)53)38-20-10-13-23-43(38)51(44)41-21-11-8-18-35(41)36-19-9-12-22-42(36)51/h2-23,26,28-30H,24-25,27H2,1H3. The van der Waals surface area contributed by atoms with Crippen molar-refractivity contribution >= 4 is 33.5 Å². The first-order valence-electron chi connectivity index (χ1n) is 18.9. The van der Waals surface area contributed by atoms with Crippen LogP contribution < -0.4 is 0 Å². The zero-order valence-electron chi connectivity index (χ0n) is 29.5. The minimum atomic E-state index is -0.707. The number of rotatable bonds is 2. The van der Waals surface area contributed by atoms with Gasteiger partial charge >= 0.3 is 0 Å². The third kappa shape index (κ3) is 3.52. The second kappa shape index (κ2) is 10.2. The third-order valence-corrected chi connectivity index (χ3v) is 13.1. The van der Waals surface area contributed by atoms with Crippen molar-refractivity contribution in [3.05, 3.63) is 208 Å². The van der Waals surface area contributed by atoms with Crippen LogP contribution in [0.5, 0.6) is 0 Å². The molecule has 0 saturated heterocycles. The lowest BCUT2D eigenvalue weighted by Crippen LogP contribution is -2.39. The van der Waals surface area contributed by atoms with Crippen LogP contribution in [0.2, 0.25) is 0 Å². The van der Waals surface area contributed by atoms with Gasteiger partial charge in [-0.25, -0.2) is 0 Å². The van der Waals surface area contributed by atoms with Crippen LogP contribution in [0.3, 0.4) is 0 Å². The maximum atomic E-state index is 15.6. The smallest absolute Gasteiger partial charge is 0.242 e. The molecule has 0 bridgehead atoms. The summed E-state index contributed by atoms with van der Waals surface area (Å²) >= 11 is 0. The van der Waals surface area contributed by atoms with Gasteiger partial charge in [0, 0.05) is 16.5 Å². The van der Waals surface area contributed by atoms with E-state index < -0.39 is 10.8 Å². The van der Waals surface area contributed by atoms with Gasteiger partial charge in [0.05, 0.1) is 22.0 Å². The van der Waals surface area contributed by atoms with Gasteiger partial charge in [0.25, 0.3) is 0 Å². The summed E-state index contributed by atoms with van der Waals surface area (Å²) in [6.07, 6.45) is 7.06. The molecule has 2 heterocycles. The summed E-state index contributed by atoms with van der Waals surface area (Å²) in [5.74, 6) is 0.178. The van der Waals surface area contributed by atoms with Gasteiger partial charge < -0.3 is 0 Å². The summed E-state index contributed by atoms with van der Waals surface area (Å²) in [5.41, 5.74) is 20.1. The van der Waals surface area contributed by atoms with Crippen molar-refractivity contribution in [3.63, 3.8) is 0 Å². The fourth-order valence-electron chi connectivity index (χ4n) is 10.9. The highest BCUT2D eigenvalue weighted by atomic mass is 16.2. The van der Waals surface area contributed by atoms with Gasteiger partial charge in [-0.1, -0.05) is 140 Å². The van der Waals surface area contributed by atoms with E-state index in [1.807, 2.05) is 0 Å². The Balaban J connectivity index is 1.21. The highest BCUT2D eigenvalue weighted by Crippen LogP contribution is 2.66. The zero-order valence-corrected chi connectivity index (χ0v) is 29.5. The average molecular weight is 678 g/mol. The number of benzene rings is 6. The summed E-state index contributed by atoms with van der Waals surface area (Å²) in [7, 11) is 0. The molecule has 53 heavy (non-hydrogen) atoms. The van der Waals surface area contributed by atoms with E-state index >= 15 is 4.79 Å². The average Bonchev–Trinajstić information content (AvgIpc) is 3.83. The summed E-state index contributed by atoms with van der Waals surface area (Å²) in [4.78, 5) is 15.6. The molecule has 2 heteroatoms. The number of carbonyl (C=O) groups is 1. The highest BCUT2D eigenvalue weighted by Gasteiger charge is 2.55. The number of aryl methyl sites for hydroxylation is 1. The predicted octanol–water partition coefficient (Wildman–Crippen LogP) is 11.9. The molecule has 5 aliphatic rings. The molecular weight excluding hydrogens is 643 g/mol. The summed E-state index contributed by atoms with van der Waals surface area (Å²) in [6.45, 7) is 2.18. The molecule has 0 amide bonds. The van der Waals surface area contributed by atoms with E-state index in [0.717, 1.165) is 29.6 Å². The van der Waals surface area contributed by atoms with Crippen molar-refractivity contribution in [2.24, 2.45) is 5.41 Å². The second-order valence-electron chi connectivity index (χ2n) is 15.6. The number of nitrogens with zero attached hydrogens (tertiary/aromatic N) is 1. The zero-order chi connectivity index (χ0) is 35.1. The first-order valence-corrected chi connectivity index (χ1v) is 18.9. The van der Waals surface area contributed by atoms with E-state index in [4.69, 9.17) is 0 Å². The Morgan fingerprint density at radius 3 is 1.85 bits per heavy atom. The van der Waals surface area contributed by atoms with E-state index in [-0.39, 0.29) is 5.91 Å². The molecule has 0 fully saturated rings. The maximum absolute atomic E-state index is 15.6. The van der Waals surface area contributed by atoms with Gasteiger partial charge in [-0.15, -0.1) is 0 Å². The van der Waals surface area contributed by atoms with E-state index in [0.29, 0.717) is 6.42 Å². The Kier molecular flexibility index (Phi) is 5.65. The van der Waals surface area contributed by atoms with Crippen LogP contribution in [0.25, 0.3) is 49.9 Å². The number of hydrogen-bond donors (Lipinski definition) is 0. The monoisotopic (exact) mass is 677 g/mol. The molecule has 250 valence electrons. The Hall–Kier alpha value is -6.25. The normalized spacial score (nSPS) is 19.6. The number of allylic oxidation sites excluding steroid dienone is 5. The molecular formula is C51H35NO. The van der Waals surface area contributed by atoms with Crippen LogP contribution in [0, 0.1) is 5.41 Å². The number of fused-ring (bicyclic) bond motifs is 15. The molecule has 0 saturated carbocycles. The number of hydrogen-bond acceptors (Lipinski definition) is 1. The topological polar surface area (TPSA) is 22.0 Å². The van der Waals surface area contributed by atoms with Gasteiger partial charge in [-0.05, 0) is 117 Å². The number of aromatic nitrogens is 1. The Morgan fingerprint density at radius 1 is 0.585 bits per heavy atom. The lowest BCUT2D eigenvalue weighted by Gasteiger charge is -2.39. The van der Waals surface area contributed by atoms with Gasteiger partial charge in [-0.3, -0.25) is 9.36 Å². The summed E-state index contributed by atoms with van der Waals surface area (Å²) in [5, 5.41) is 1.21. The molecule has 7 aromatic rings.